The van der Waals surface area contributed by atoms with E-state index in [0.717, 1.165) is 10.7 Å². The fourth-order valence-electron chi connectivity index (χ4n) is 1.34. The Morgan fingerprint density at radius 3 is 2.67 bits per heavy atom. The topological polar surface area (TPSA) is 17.8 Å². The largest absolute Gasteiger partial charge is 0.408 e. The molecule has 0 amide bonds. The Bertz CT molecular complexity index is 486. The van der Waals surface area contributed by atoms with E-state index >= 15 is 0 Å². The first-order valence-electron chi connectivity index (χ1n) is 4.13. The van der Waals surface area contributed by atoms with Gasteiger partial charge >= 0.3 is 6.18 Å². The summed E-state index contributed by atoms with van der Waals surface area (Å²) in [6.07, 6.45) is -3.08. The predicted molar refractivity (Wildman–Crippen MR) is 45.7 cm³/mol. The van der Waals surface area contributed by atoms with E-state index in [0.29, 0.717) is 5.39 Å². The molecule has 0 aliphatic heterocycles. The van der Waals surface area contributed by atoms with E-state index in [2.05, 4.69) is 5.10 Å². The van der Waals surface area contributed by atoms with Gasteiger partial charge in [-0.3, -0.25) is 4.68 Å². The second-order valence-corrected chi connectivity index (χ2v) is 3.12. The molecule has 0 unspecified atom stereocenters. The molecule has 80 valence electrons. The van der Waals surface area contributed by atoms with E-state index in [1.165, 1.54) is 18.3 Å². The number of benzene rings is 1. The van der Waals surface area contributed by atoms with Crippen LogP contribution < -0.4 is 0 Å². The van der Waals surface area contributed by atoms with Crippen LogP contribution in [0.25, 0.3) is 10.9 Å². The van der Waals surface area contributed by atoms with Crippen LogP contribution in [0.15, 0.2) is 24.4 Å². The summed E-state index contributed by atoms with van der Waals surface area (Å²) in [6.45, 7) is -1.21. The van der Waals surface area contributed by atoms with Crippen molar-refractivity contribution < 1.29 is 17.6 Å². The van der Waals surface area contributed by atoms with Gasteiger partial charge in [-0.2, -0.15) is 18.3 Å². The highest BCUT2D eigenvalue weighted by atomic mass is 19.4. The van der Waals surface area contributed by atoms with Crippen LogP contribution in [0.5, 0.6) is 0 Å². The number of alkyl halides is 3. The highest BCUT2D eigenvalue weighted by Crippen LogP contribution is 2.21. The Morgan fingerprint density at radius 1 is 1.27 bits per heavy atom. The standard InChI is InChI=1S/C9H6F4N2/c10-7-2-1-6-4-14-15(8(6)3-7)5-9(11,12)13/h1-4H,5H2. The van der Waals surface area contributed by atoms with Gasteiger partial charge in [0.2, 0.25) is 0 Å². The number of aromatic nitrogens is 2. The highest BCUT2D eigenvalue weighted by molar-refractivity contribution is 5.78. The zero-order chi connectivity index (χ0) is 11.1. The number of rotatable bonds is 1. The van der Waals surface area contributed by atoms with Gasteiger partial charge in [-0.05, 0) is 18.2 Å². The van der Waals surface area contributed by atoms with Crippen molar-refractivity contribution in [3.63, 3.8) is 0 Å². The maximum atomic E-state index is 12.8. The van der Waals surface area contributed by atoms with Crippen molar-refractivity contribution in [1.82, 2.24) is 9.78 Å². The third-order valence-corrected chi connectivity index (χ3v) is 1.94. The quantitative estimate of drug-likeness (QED) is 0.673. The lowest BCUT2D eigenvalue weighted by Crippen LogP contribution is -2.18. The molecule has 2 aromatic rings. The lowest BCUT2D eigenvalue weighted by atomic mass is 10.2. The molecule has 1 heterocycles. The molecule has 0 aliphatic carbocycles. The van der Waals surface area contributed by atoms with Crippen molar-refractivity contribution in [2.45, 2.75) is 12.7 Å². The van der Waals surface area contributed by atoms with E-state index in [4.69, 9.17) is 0 Å². The Labute approximate surface area is 82.1 Å². The maximum absolute atomic E-state index is 12.8. The number of halogens is 4. The summed E-state index contributed by atoms with van der Waals surface area (Å²) in [7, 11) is 0. The van der Waals surface area contributed by atoms with Crippen LogP contribution in [0.1, 0.15) is 0 Å². The van der Waals surface area contributed by atoms with Crippen molar-refractivity contribution in [1.29, 1.82) is 0 Å². The molecule has 0 saturated heterocycles. The summed E-state index contributed by atoms with van der Waals surface area (Å²) in [4.78, 5) is 0. The number of hydrogen-bond donors (Lipinski definition) is 0. The van der Waals surface area contributed by atoms with E-state index < -0.39 is 18.5 Å². The van der Waals surface area contributed by atoms with Gasteiger partial charge in [-0.25, -0.2) is 4.39 Å². The van der Waals surface area contributed by atoms with Crippen LogP contribution >= 0.6 is 0 Å². The van der Waals surface area contributed by atoms with Gasteiger partial charge in [-0.15, -0.1) is 0 Å². The molecule has 0 fully saturated rings. The average molecular weight is 218 g/mol. The van der Waals surface area contributed by atoms with E-state index in [1.807, 2.05) is 0 Å². The Hall–Kier alpha value is -1.59. The molecule has 0 saturated carbocycles. The lowest BCUT2D eigenvalue weighted by Gasteiger charge is -2.07. The number of nitrogens with zero attached hydrogens (tertiary/aromatic N) is 2. The van der Waals surface area contributed by atoms with Crippen LogP contribution in [0, 0.1) is 5.82 Å². The predicted octanol–water partition coefficient (Wildman–Crippen LogP) is 2.74. The fraction of sp³-hybridized carbons (Fsp3) is 0.222. The maximum Gasteiger partial charge on any atom is 0.408 e. The zero-order valence-electron chi connectivity index (χ0n) is 7.42. The van der Waals surface area contributed by atoms with Gasteiger partial charge in [-0.1, -0.05) is 0 Å². The molecule has 0 N–H and O–H groups in total. The minimum absolute atomic E-state index is 0.146. The first-order chi connectivity index (χ1) is 6.96. The second-order valence-electron chi connectivity index (χ2n) is 3.12. The van der Waals surface area contributed by atoms with Crippen LogP contribution in [0.3, 0.4) is 0 Å². The molecule has 2 rings (SSSR count). The molecule has 0 radical (unpaired) electrons. The summed E-state index contributed by atoms with van der Waals surface area (Å²) >= 11 is 0. The van der Waals surface area contributed by atoms with Gasteiger partial charge in [0, 0.05) is 5.39 Å². The van der Waals surface area contributed by atoms with Gasteiger partial charge in [0.25, 0.3) is 0 Å². The summed E-state index contributed by atoms with van der Waals surface area (Å²) in [5.41, 5.74) is 0.146. The van der Waals surface area contributed by atoms with Crippen LogP contribution in [0.4, 0.5) is 17.6 Å². The molecule has 15 heavy (non-hydrogen) atoms. The zero-order valence-corrected chi connectivity index (χ0v) is 7.42. The smallest absolute Gasteiger partial charge is 0.256 e. The molecule has 0 spiro atoms. The van der Waals surface area contributed by atoms with Gasteiger partial charge < -0.3 is 0 Å². The minimum atomic E-state index is -4.36. The molecule has 1 aromatic heterocycles. The average Bonchev–Trinajstić information content (AvgIpc) is 2.46. The molecule has 0 bridgehead atoms. The first-order valence-corrected chi connectivity index (χ1v) is 4.13. The van der Waals surface area contributed by atoms with Gasteiger partial charge in [0.1, 0.15) is 12.4 Å². The van der Waals surface area contributed by atoms with Crippen molar-refractivity contribution >= 4 is 10.9 Å². The summed E-state index contributed by atoms with van der Waals surface area (Å²) < 4.78 is 49.8. The Morgan fingerprint density at radius 2 is 2.00 bits per heavy atom. The minimum Gasteiger partial charge on any atom is -0.256 e. The molecule has 1 aromatic carbocycles. The third-order valence-electron chi connectivity index (χ3n) is 1.94. The molecular formula is C9H6F4N2. The molecule has 0 aliphatic rings. The van der Waals surface area contributed by atoms with Crippen LogP contribution in [0.2, 0.25) is 0 Å². The highest BCUT2D eigenvalue weighted by Gasteiger charge is 2.29. The Balaban J connectivity index is 2.48. The molecule has 6 heteroatoms. The number of fused-ring (bicyclic) bond motifs is 1. The SMILES string of the molecule is Fc1ccc2cnn(CC(F)(F)F)c2c1. The summed E-state index contributed by atoms with van der Waals surface area (Å²) in [5, 5.41) is 4.04. The summed E-state index contributed by atoms with van der Waals surface area (Å²) in [6, 6.07) is 3.61. The van der Waals surface area contributed by atoms with Crippen molar-refractivity contribution in [2.75, 3.05) is 0 Å². The summed E-state index contributed by atoms with van der Waals surface area (Å²) in [5.74, 6) is -0.577. The first kappa shape index (κ1) is 9.95. The normalized spacial score (nSPS) is 12.3. The van der Waals surface area contributed by atoms with Crippen LogP contribution in [-0.4, -0.2) is 16.0 Å². The Kier molecular flexibility index (Phi) is 2.13. The fourth-order valence-corrected chi connectivity index (χ4v) is 1.34. The second kappa shape index (κ2) is 3.22. The van der Waals surface area contributed by atoms with Crippen molar-refractivity contribution in [3.8, 4) is 0 Å². The third kappa shape index (κ3) is 2.08. The van der Waals surface area contributed by atoms with Crippen LogP contribution in [-0.2, 0) is 6.54 Å². The molecule has 2 nitrogen and oxygen atoms in total. The lowest BCUT2D eigenvalue weighted by molar-refractivity contribution is -0.141. The van der Waals surface area contributed by atoms with E-state index in [9.17, 15) is 17.6 Å². The molecular weight excluding hydrogens is 212 g/mol. The van der Waals surface area contributed by atoms with Crippen molar-refractivity contribution in [2.24, 2.45) is 0 Å². The monoisotopic (exact) mass is 218 g/mol. The number of hydrogen-bond acceptors (Lipinski definition) is 1. The van der Waals surface area contributed by atoms with E-state index in [-0.39, 0.29) is 5.52 Å². The van der Waals surface area contributed by atoms with Gasteiger partial charge in [0.15, 0.2) is 0 Å². The van der Waals surface area contributed by atoms with Gasteiger partial charge in [0.05, 0.1) is 11.7 Å². The van der Waals surface area contributed by atoms with Crippen molar-refractivity contribution in [3.05, 3.63) is 30.2 Å². The van der Waals surface area contributed by atoms with E-state index in [1.54, 1.807) is 0 Å². The molecule has 0 atom stereocenters.